The molecule has 1 N–H and O–H groups in total. The molecule has 2 heterocycles. The quantitative estimate of drug-likeness (QED) is 0.659. The molecule has 0 saturated carbocycles. The van der Waals surface area contributed by atoms with Gasteiger partial charge >= 0.3 is 0 Å². The molecule has 0 bridgehead atoms. The van der Waals surface area contributed by atoms with Crippen molar-refractivity contribution in [2.45, 2.75) is 25.4 Å². The van der Waals surface area contributed by atoms with E-state index in [2.05, 4.69) is 35.4 Å². The largest absolute Gasteiger partial charge is 0.304 e. The maximum absolute atomic E-state index is 4.12. The summed E-state index contributed by atoms with van der Waals surface area (Å²) in [6, 6.07) is 5.02. The highest BCUT2D eigenvalue weighted by molar-refractivity contribution is 5.17. The summed E-state index contributed by atoms with van der Waals surface area (Å²) in [5.74, 6) is 0. The second-order valence-electron chi connectivity index (χ2n) is 3.46. The van der Waals surface area contributed by atoms with Crippen LogP contribution in [0, 0.1) is 0 Å². The van der Waals surface area contributed by atoms with Crippen molar-refractivity contribution in [3.05, 3.63) is 42.2 Å². The molecule has 0 radical (unpaired) electrons. The fourth-order valence-corrected chi connectivity index (χ4v) is 1.67. The van der Waals surface area contributed by atoms with Gasteiger partial charge in [-0.2, -0.15) is 0 Å². The van der Waals surface area contributed by atoms with E-state index in [9.17, 15) is 0 Å². The second kappa shape index (κ2) is 3.71. The van der Waals surface area contributed by atoms with Crippen molar-refractivity contribution >= 4 is 0 Å². The maximum atomic E-state index is 4.12. The Bertz CT molecular complexity index is 292. The zero-order valence-corrected chi connectivity index (χ0v) is 7.77. The van der Waals surface area contributed by atoms with Crippen LogP contribution >= 0.6 is 0 Å². The molecule has 0 aliphatic carbocycles. The Morgan fingerprint density at radius 2 is 2.46 bits per heavy atom. The molecule has 2 atom stereocenters. The minimum atomic E-state index is 0.439. The molecule has 2 nitrogen and oxygen atoms in total. The summed E-state index contributed by atoms with van der Waals surface area (Å²) >= 11 is 0. The fourth-order valence-electron chi connectivity index (χ4n) is 1.67. The van der Waals surface area contributed by atoms with Crippen LogP contribution in [0.25, 0.3) is 0 Å². The van der Waals surface area contributed by atoms with E-state index in [-0.39, 0.29) is 0 Å². The van der Waals surface area contributed by atoms with Crippen molar-refractivity contribution in [1.29, 1.82) is 0 Å². The third-order valence-corrected chi connectivity index (χ3v) is 2.35. The minimum Gasteiger partial charge on any atom is -0.304 e. The van der Waals surface area contributed by atoms with Crippen LogP contribution in [0.1, 0.15) is 24.9 Å². The van der Waals surface area contributed by atoms with Crippen molar-refractivity contribution in [3.8, 4) is 0 Å². The topological polar surface area (TPSA) is 24.9 Å². The number of nitrogens with one attached hydrogen (secondary N) is 1. The number of hydrogen-bond acceptors (Lipinski definition) is 2. The molecular weight excluding hydrogens is 160 g/mol. The number of nitrogens with zero attached hydrogens (tertiary/aromatic N) is 1. The van der Waals surface area contributed by atoms with Gasteiger partial charge in [-0.3, -0.25) is 4.98 Å². The Morgan fingerprint density at radius 1 is 1.54 bits per heavy atom. The van der Waals surface area contributed by atoms with E-state index in [1.807, 2.05) is 18.5 Å². The highest BCUT2D eigenvalue weighted by Gasteiger charge is 2.14. The minimum absolute atomic E-state index is 0.439. The van der Waals surface area contributed by atoms with Crippen molar-refractivity contribution < 1.29 is 0 Å². The highest BCUT2D eigenvalue weighted by Crippen LogP contribution is 2.20. The van der Waals surface area contributed by atoms with E-state index in [0.717, 1.165) is 6.42 Å². The van der Waals surface area contributed by atoms with Crippen molar-refractivity contribution in [2.75, 3.05) is 0 Å². The maximum Gasteiger partial charge on any atom is 0.0375 e. The molecule has 2 heteroatoms. The smallest absolute Gasteiger partial charge is 0.0375 e. The van der Waals surface area contributed by atoms with Gasteiger partial charge < -0.3 is 5.32 Å². The van der Waals surface area contributed by atoms with Crippen LogP contribution in [0.4, 0.5) is 0 Å². The van der Waals surface area contributed by atoms with Crippen LogP contribution in [-0.2, 0) is 0 Å². The summed E-state index contributed by atoms with van der Waals surface area (Å²) in [5.41, 5.74) is 1.28. The number of aromatic nitrogens is 1. The Morgan fingerprint density at radius 3 is 3.15 bits per heavy atom. The Hall–Kier alpha value is -1.15. The van der Waals surface area contributed by atoms with Crippen LogP contribution in [0.5, 0.6) is 0 Å². The zero-order valence-electron chi connectivity index (χ0n) is 7.77. The van der Waals surface area contributed by atoms with Crippen LogP contribution < -0.4 is 5.32 Å². The van der Waals surface area contributed by atoms with Crippen molar-refractivity contribution in [1.82, 2.24) is 10.3 Å². The Kier molecular flexibility index (Phi) is 2.41. The summed E-state index contributed by atoms with van der Waals surface area (Å²) in [4.78, 5) is 4.12. The van der Waals surface area contributed by atoms with Gasteiger partial charge in [-0.25, -0.2) is 0 Å². The van der Waals surface area contributed by atoms with Crippen LogP contribution in [0.15, 0.2) is 36.7 Å². The molecule has 0 amide bonds. The van der Waals surface area contributed by atoms with Gasteiger partial charge in [-0.1, -0.05) is 18.2 Å². The average Bonchev–Trinajstić information content (AvgIpc) is 2.19. The molecule has 0 fully saturated rings. The lowest BCUT2D eigenvalue weighted by atomic mass is 10.0. The number of pyridine rings is 1. The summed E-state index contributed by atoms with van der Waals surface area (Å²) in [6.07, 6.45) is 9.25. The SMILES string of the molecule is CC1C=CCC(c2cccnc2)N1. The van der Waals surface area contributed by atoms with Gasteiger partial charge in [0.25, 0.3) is 0 Å². The lowest BCUT2D eigenvalue weighted by Gasteiger charge is -2.24. The van der Waals surface area contributed by atoms with Gasteiger partial charge in [-0.15, -0.1) is 0 Å². The molecule has 68 valence electrons. The molecular formula is C11H14N2. The van der Waals surface area contributed by atoms with Gasteiger partial charge in [0.05, 0.1) is 0 Å². The van der Waals surface area contributed by atoms with E-state index >= 15 is 0 Å². The third-order valence-electron chi connectivity index (χ3n) is 2.35. The molecule has 0 spiro atoms. The van der Waals surface area contributed by atoms with E-state index in [1.165, 1.54) is 5.56 Å². The first-order valence-electron chi connectivity index (χ1n) is 4.69. The average molecular weight is 174 g/mol. The summed E-state index contributed by atoms with van der Waals surface area (Å²) < 4.78 is 0. The number of rotatable bonds is 1. The molecule has 1 aromatic rings. The van der Waals surface area contributed by atoms with Gasteiger partial charge in [0.1, 0.15) is 0 Å². The predicted molar refractivity (Wildman–Crippen MR) is 53.3 cm³/mol. The lowest BCUT2D eigenvalue weighted by molar-refractivity contribution is 0.484. The first-order chi connectivity index (χ1) is 6.36. The van der Waals surface area contributed by atoms with Gasteiger partial charge in [0, 0.05) is 24.5 Å². The first kappa shape index (κ1) is 8.45. The predicted octanol–water partition coefficient (Wildman–Crippen LogP) is 2.06. The second-order valence-corrected chi connectivity index (χ2v) is 3.46. The van der Waals surface area contributed by atoms with E-state index in [4.69, 9.17) is 0 Å². The summed E-state index contributed by atoms with van der Waals surface area (Å²) in [6.45, 7) is 2.17. The van der Waals surface area contributed by atoms with Crippen molar-refractivity contribution in [3.63, 3.8) is 0 Å². The van der Waals surface area contributed by atoms with E-state index < -0.39 is 0 Å². The molecule has 0 aromatic carbocycles. The van der Waals surface area contributed by atoms with Crippen LogP contribution in [-0.4, -0.2) is 11.0 Å². The van der Waals surface area contributed by atoms with Crippen LogP contribution in [0.2, 0.25) is 0 Å². The fraction of sp³-hybridized carbons (Fsp3) is 0.364. The molecule has 13 heavy (non-hydrogen) atoms. The van der Waals surface area contributed by atoms with Gasteiger partial charge in [-0.05, 0) is 25.0 Å². The number of hydrogen-bond donors (Lipinski definition) is 1. The molecule has 1 aromatic heterocycles. The Balaban J connectivity index is 2.15. The van der Waals surface area contributed by atoms with E-state index in [1.54, 1.807) is 0 Å². The molecule has 1 aliphatic heterocycles. The standard InChI is InChI=1S/C11H14N2/c1-9-4-2-6-11(13-9)10-5-3-7-12-8-10/h2-5,7-9,11,13H,6H2,1H3. The zero-order chi connectivity index (χ0) is 9.10. The highest BCUT2D eigenvalue weighted by atomic mass is 14.9. The van der Waals surface area contributed by atoms with Gasteiger partial charge in [0.2, 0.25) is 0 Å². The van der Waals surface area contributed by atoms with Gasteiger partial charge in [0.15, 0.2) is 0 Å². The monoisotopic (exact) mass is 174 g/mol. The third kappa shape index (κ3) is 1.95. The Labute approximate surface area is 78.7 Å². The lowest BCUT2D eigenvalue weighted by Crippen LogP contribution is -2.31. The summed E-state index contributed by atoms with van der Waals surface area (Å²) in [5, 5.41) is 3.51. The van der Waals surface area contributed by atoms with E-state index in [0.29, 0.717) is 12.1 Å². The van der Waals surface area contributed by atoms with Crippen molar-refractivity contribution in [2.24, 2.45) is 0 Å². The summed E-state index contributed by atoms with van der Waals surface area (Å²) in [7, 11) is 0. The molecule has 2 rings (SSSR count). The van der Waals surface area contributed by atoms with Crippen LogP contribution in [0.3, 0.4) is 0 Å². The molecule has 1 aliphatic rings. The normalized spacial score (nSPS) is 27.5. The molecule has 0 saturated heterocycles. The molecule has 2 unspecified atom stereocenters. The first-order valence-corrected chi connectivity index (χ1v) is 4.69.